The quantitative estimate of drug-likeness (QED) is 0.847. The van der Waals surface area contributed by atoms with Crippen molar-refractivity contribution in [3.63, 3.8) is 0 Å². The van der Waals surface area contributed by atoms with E-state index in [1.165, 1.54) is 31.2 Å². The molecule has 1 heterocycles. The lowest BCUT2D eigenvalue weighted by atomic mass is 9.69. The van der Waals surface area contributed by atoms with Crippen LogP contribution in [0.4, 0.5) is 0 Å². The van der Waals surface area contributed by atoms with Gasteiger partial charge in [0.15, 0.2) is 0 Å². The third-order valence-electron chi connectivity index (χ3n) is 5.00. The molecule has 3 atom stereocenters. The minimum absolute atomic E-state index is 0.188. The third kappa shape index (κ3) is 1.66. The Balaban J connectivity index is 1.99. The molecular weight excluding hydrogens is 222 g/mol. The highest BCUT2D eigenvalue weighted by Crippen LogP contribution is 2.57. The van der Waals surface area contributed by atoms with Crippen molar-refractivity contribution in [3.05, 3.63) is 35.9 Å². The van der Waals surface area contributed by atoms with Crippen LogP contribution in [0.2, 0.25) is 0 Å². The summed E-state index contributed by atoms with van der Waals surface area (Å²) >= 11 is 0. The molecule has 0 bridgehead atoms. The third-order valence-corrected chi connectivity index (χ3v) is 5.00. The van der Waals surface area contributed by atoms with Crippen LogP contribution >= 0.6 is 0 Å². The van der Waals surface area contributed by atoms with Gasteiger partial charge in [-0.3, -0.25) is 4.79 Å². The molecule has 2 aliphatic rings. The molecule has 1 N–H and O–H groups in total. The van der Waals surface area contributed by atoms with Gasteiger partial charge in [0.2, 0.25) is 5.91 Å². The molecule has 96 valence electrons. The van der Waals surface area contributed by atoms with Gasteiger partial charge in [-0.1, -0.05) is 50.1 Å². The maximum atomic E-state index is 11.9. The molecule has 1 aliphatic carbocycles. The van der Waals surface area contributed by atoms with E-state index in [0.717, 1.165) is 6.42 Å². The number of carbonyl (C=O) groups excluding carboxylic acids is 1. The van der Waals surface area contributed by atoms with Gasteiger partial charge in [-0.2, -0.15) is 0 Å². The van der Waals surface area contributed by atoms with Gasteiger partial charge < -0.3 is 5.32 Å². The monoisotopic (exact) mass is 243 g/mol. The fourth-order valence-electron chi connectivity index (χ4n) is 4.21. The summed E-state index contributed by atoms with van der Waals surface area (Å²) < 4.78 is 0. The summed E-state index contributed by atoms with van der Waals surface area (Å²) in [6, 6.07) is 10.7. The molecular formula is C16H21NO. The van der Waals surface area contributed by atoms with E-state index >= 15 is 0 Å². The van der Waals surface area contributed by atoms with Crippen LogP contribution in [0.25, 0.3) is 0 Å². The SMILES string of the molecule is CCC1CCCC12CC(=O)NC2c1ccccc1. The van der Waals surface area contributed by atoms with Gasteiger partial charge in [0.1, 0.15) is 0 Å². The van der Waals surface area contributed by atoms with E-state index in [-0.39, 0.29) is 17.4 Å². The molecule has 1 saturated heterocycles. The Morgan fingerprint density at radius 1 is 1.33 bits per heavy atom. The predicted octanol–water partition coefficient (Wildman–Crippen LogP) is 3.44. The molecule has 18 heavy (non-hydrogen) atoms. The minimum Gasteiger partial charge on any atom is -0.349 e. The number of nitrogens with one attached hydrogen (secondary N) is 1. The normalized spacial score (nSPS) is 35.1. The van der Waals surface area contributed by atoms with Crippen LogP contribution in [0, 0.1) is 11.3 Å². The van der Waals surface area contributed by atoms with Crippen LogP contribution in [0.3, 0.4) is 0 Å². The zero-order valence-corrected chi connectivity index (χ0v) is 11.0. The second-order valence-electron chi connectivity index (χ2n) is 5.82. The summed E-state index contributed by atoms with van der Waals surface area (Å²) in [7, 11) is 0. The van der Waals surface area contributed by atoms with Gasteiger partial charge in [-0.05, 0) is 24.3 Å². The summed E-state index contributed by atoms with van der Waals surface area (Å²) in [4.78, 5) is 11.9. The zero-order valence-electron chi connectivity index (χ0n) is 11.0. The Labute approximate surface area is 109 Å². The van der Waals surface area contributed by atoms with Crippen LogP contribution in [0.5, 0.6) is 0 Å². The van der Waals surface area contributed by atoms with Crippen LogP contribution in [0.15, 0.2) is 30.3 Å². The molecule has 1 aromatic carbocycles. The molecule has 1 aliphatic heterocycles. The van der Waals surface area contributed by atoms with E-state index in [1.54, 1.807) is 0 Å². The second-order valence-corrected chi connectivity index (χ2v) is 5.82. The van der Waals surface area contributed by atoms with Crippen LogP contribution in [-0.2, 0) is 4.79 Å². The standard InChI is InChI=1S/C16H21NO/c1-2-13-9-6-10-16(13)11-14(18)17-15(16)12-7-4-3-5-8-12/h3-5,7-8,13,15H,2,6,9-11H2,1H3,(H,17,18). The first-order valence-corrected chi connectivity index (χ1v) is 7.10. The van der Waals surface area contributed by atoms with E-state index in [4.69, 9.17) is 0 Å². The summed E-state index contributed by atoms with van der Waals surface area (Å²) in [5.74, 6) is 0.936. The van der Waals surface area contributed by atoms with Crippen molar-refractivity contribution in [1.82, 2.24) is 5.32 Å². The summed E-state index contributed by atoms with van der Waals surface area (Å²) in [6.07, 6.45) is 5.68. The molecule has 1 aromatic rings. The number of rotatable bonds is 2. The maximum absolute atomic E-state index is 11.9. The summed E-state index contributed by atoms with van der Waals surface area (Å²) in [6.45, 7) is 2.27. The molecule has 3 unspecified atom stereocenters. The lowest BCUT2D eigenvalue weighted by molar-refractivity contribution is -0.119. The molecule has 1 spiro atoms. The van der Waals surface area contributed by atoms with Crippen molar-refractivity contribution < 1.29 is 4.79 Å². The fourth-order valence-corrected chi connectivity index (χ4v) is 4.21. The Morgan fingerprint density at radius 3 is 2.83 bits per heavy atom. The highest BCUT2D eigenvalue weighted by Gasteiger charge is 2.53. The number of hydrogen-bond acceptors (Lipinski definition) is 1. The molecule has 2 fully saturated rings. The van der Waals surface area contributed by atoms with Crippen LogP contribution in [0.1, 0.15) is 50.6 Å². The molecule has 1 amide bonds. The van der Waals surface area contributed by atoms with Crippen molar-refractivity contribution in [2.24, 2.45) is 11.3 Å². The summed E-state index contributed by atoms with van der Waals surface area (Å²) in [5, 5.41) is 3.23. The van der Waals surface area contributed by atoms with Crippen molar-refractivity contribution >= 4 is 5.91 Å². The highest BCUT2D eigenvalue weighted by molar-refractivity contribution is 5.80. The molecule has 1 saturated carbocycles. The first-order valence-electron chi connectivity index (χ1n) is 7.10. The second kappa shape index (κ2) is 4.42. The lowest BCUT2D eigenvalue weighted by Crippen LogP contribution is -2.32. The van der Waals surface area contributed by atoms with Crippen LogP contribution < -0.4 is 5.32 Å². The number of hydrogen-bond donors (Lipinski definition) is 1. The van der Waals surface area contributed by atoms with Gasteiger partial charge in [-0.25, -0.2) is 0 Å². The topological polar surface area (TPSA) is 29.1 Å². The fraction of sp³-hybridized carbons (Fsp3) is 0.562. The van der Waals surface area contributed by atoms with Crippen molar-refractivity contribution in [1.29, 1.82) is 0 Å². The Morgan fingerprint density at radius 2 is 2.11 bits per heavy atom. The molecule has 0 radical (unpaired) electrons. The average Bonchev–Trinajstić information content (AvgIpc) is 2.95. The molecule has 0 aromatic heterocycles. The van der Waals surface area contributed by atoms with Gasteiger partial charge in [0.05, 0.1) is 6.04 Å². The Kier molecular flexibility index (Phi) is 2.89. The number of benzene rings is 1. The Bertz CT molecular complexity index is 442. The first kappa shape index (κ1) is 11.8. The minimum atomic E-state index is 0.188. The van der Waals surface area contributed by atoms with E-state index in [1.807, 2.05) is 6.07 Å². The molecule has 2 heteroatoms. The zero-order chi connectivity index (χ0) is 12.6. The van der Waals surface area contributed by atoms with Gasteiger partial charge >= 0.3 is 0 Å². The van der Waals surface area contributed by atoms with Crippen molar-refractivity contribution in [3.8, 4) is 0 Å². The highest BCUT2D eigenvalue weighted by atomic mass is 16.2. The number of amides is 1. The van der Waals surface area contributed by atoms with E-state index < -0.39 is 0 Å². The van der Waals surface area contributed by atoms with Gasteiger partial charge in [0, 0.05) is 11.8 Å². The molecule has 2 nitrogen and oxygen atoms in total. The average molecular weight is 243 g/mol. The van der Waals surface area contributed by atoms with Gasteiger partial charge in [-0.15, -0.1) is 0 Å². The predicted molar refractivity (Wildman–Crippen MR) is 72.0 cm³/mol. The summed E-state index contributed by atoms with van der Waals surface area (Å²) in [5.41, 5.74) is 1.47. The van der Waals surface area contributed by atoms with Crippen molar-refractivity contribution in [2.45, 2.75) is 45.1 Å². The molecule has 3 rings (SSSR count). The van der Waals surface area contributed by atoms with E-state index in [2.05, 4.69) is 36.5 Å². The Hall–Kier alpha value is -1.31. The first-order chi connectivity index (χ1) is 8.76. The maximum Gasteiger partial charge on any atom is 0.221 e. The van der Waals surface area contributed by atoms with E-state index in [0.29, 0.717) is 5.92 Å². The van der Waals surface area contributed by atoms with E-state index in [9.17, 15) is 4.79 Å². The largest absolute Gasteiger partial charge is 0.349 e. The van der Waals surface area contributed by atoms with Crippen LogP contribution in [-0.4, -0.2) is 5.91 Å². The van der Waals surface area contributed by atoms with Gasteiger partial charge in [0.25, 0.3) is 0 Å². The smallest absolute Gasteiger partial charge is 0.221 e. The number of carbonyl (C=O) groups is 1. The lowest BCUT2D eigenvalue weighted by Gasteiger charge is -2.36. The van der Waals surface area contributed by atoms with Crippen molar-refractivity contribution in [2.75, 3.05) is 0 Å².